The number of aliphatic carboxylic acids is 1. The minimum Gasteiger partial charge on any atom is -0.481 e. The van der Waals surface area contributed by atoms with Crippen LogP contribution >= 0.6 is 0 Å². The Bertz CT molecular complexity index is 629. The Morgan fingerprint density at radius 2 is 1.95 bits per heavy atom. The monoisotopic (exact) mass is 288 g/mol. The first-order valence-corrected chi connectivity index (χ1v) is 7.32. The lowest BCUT2D eigenvalue weighted by Crippen LogP contribution is -2.38. The molecule has 21 heavy (non-hydrogen) atoms. The molecule has 0 spiro atoms. The van der Waals surface area contributed by atoms with Crippen LogP contribution in [0.1, 0.15) is 5.56 Å². The molecule has 3 rings (SSSR count). The molecule has 1 saturated heterocycles. The van der Waals surface area contributed by atoms with E-state index in [0.29, 0.717) is 0 Å². The van der Waals surface area contributed by atoms with Crippen molar-refractivity contribution >= 4 is 16.9 Å². The Morgan fingerprint density at radius 3 is 2.71 bits per heavy atom. The lowest BCUT2D eigenvalue weighted by Gasteiger charge is -2.26. The van der Waals surface area contributed by atoms with Gasteiger partial charge in [-0.15, -0.1) is 0 Å². The number of fused-ring (bicyclic) bond motifs is 1. The normalized spacial score (nSPS) is 16.4. The summed E-state index contributed by atoms with van der Waals surface area (Å²) in [7, 11) is 0. The summed E-state index contributed by atoms with van der Waals surface area (Å²) in [5, 5.41) is 10.1. The van der Waals surface area contributed by atoms with Crippen LogP contribution in [0.3, 0.4) is 0 Å². The van der Waals surface area contributed by atoms with Crippen molar-refractivity contribution in [2.24, 2.45) is 0 Å². The van der Waals surface area contributed by atoms with Crippen LogP contribution in [0.25, 0.3) is 10.9 Å². The van der Waals surface area contributed by atoms with Gasteiger partial charge in [-0.1, -0.05) is 18.2 Å². The molecule has 1 aromatic carbocycles. The largest absolute Gasteiger partial charge is 0.481 e. The number of carboxylic acids is 1. The maximum absolute atomic E-state index is 11.0. The Labute approximate surface area is 123 Å². The molecule has 1 N–H and O–H groups in total. The van der Waals surface area contributed by atoms with E-state index in [0.717, 1.165) is 55.9 Å². The van der Waals surface area contributed by atoms with E-state index in [9.17, 15) is 4.79 Å². The summed E-state index contributed by atoms with van der Waals surface area (Å²) >= 11 is 0. The number of carboxylic acid groups (broad SMARTS) is 1. The third kappa shape index (κ3) is 3.25. The zero-order valence-corrected chi connectivity index (χ0v) is 12.0. The average Bonchev–Trinajstić information content (AvgIpc) is 2.84. The molecule has 0 amide bonds. The molecule has 0 saturated carbocycles. The first-order valence-electron chi connectivity index (χ1n) is 7.32. The molecule has 5 heteroatoms. The highest BCUT2D eigenvalue weighted by molar-refractivity contribution is 5.87. The number of hydrogen-bond donors (Lipinski definition) is 1. The van der Waals surface area contributed by atoms with Crippen molar-refractivity contribution in [3.8, 4) is 0 Å². The Balaban J connectivity index is 1.79. The number of para-hydroxylation sites is 1. The van der Waals surface area contributed by atoms with Crippen LogP contribution in [0, 0.1) is 0 Å². The fourth-order valence-corrected chi connectivity index (χ4v) is 2.89. The minimum absolute atomic E-state index is 0.0745. The molecule has 0 unspecified atom stereocenters. The molecule has 0 atom stereocenters. The molecule has 1 aliphatic heterocycles. The van der Waals surface area contributed by atoms with Crippen LogP contribution in [-0.4, -0.2) is 53.4 Å². The van der Waals surface area contributed by atoms with E-state index in [1.807, 2.05) is 24.4 Å². The number of benzene rings is 1. The topological polar surface area (TPSA) is 54.7 Å². The van der Waals surface area contributed by atoms with E-state index in [1.165, 1.54) is 0 Å². The van der Waals surface area contributed by atoms with E-state index in [4.69, 9.17) is 9.84 Å². The number of aromatic nitrogens is 1. The maximum Gasteiger partial charge on any atom is 0.307 e. The molecule has 112 valence electrons. The van der Waals surface area contributed by atoms with Gasteiger partial charge in [-0.25, -0.2) is 0 Å². The average molecular weight is 288 g/mol. The molecular weight excluding hydrogens is 268 g/mol. The maximum atomic E-state index is 11.0. The van der Waals surface area contributed by atoms with Gasteiger partial charge in [0, 0.05) is 43.3 Å². The van der Waals surface area contributed by atoms with Gasteiger partial charge in [0.15, 0.2) is 0 Å². The first kappa shape index (κ1) is 14.1. The minimum atomic E-state index is -0.786. The van der Waals surface area contributed by atoms with E-state index in [1.54, 1.807) is 0 Å². The molecule has 5 nitrogen and oxygen atoms in total. The second-order valence-corrected chi connectivity index (χ2v) is 5.39. The zero-order chi connectivity index (χ0) is 14.7. The quantitative estimate of drug-likeness (QED) is 0.908. The van der Waals surface area contributed by atoms with Gasteiger partial charge in [0.25, 0.3) is 0 Å². The highest BCUT2D eigenvalue weighted by Gasteiger charge is 2.13. The number of nitrogens with zero attached hydrogens (tertiary/aromatic N) is 2. The summed E-state index contributed by atoms with van der Waals surface area (Å²) in [6.45, 7) is 5.39. The van der Waals surface area contributed by atoms with Gasteiger partial charge in [0.05, 0.1) is 19.6 Å². The summed E-state index contributed by atoms with van der Waals surface area (Å²) in [5.41, 5.74) is 2.00. The number of ether oxygens (including phenoxy) is 1. The van der Waals surface area contributed by atoms with Crippen molar-refractivity contribution in [2.75, 3.05) is 32.8 Å². The molecule has 0 radical (unpaired) electrons. The first-order chi connectivity index (χ1) is 10.2. The van der Waals surface area contributed by atoms with Gasteiger partial charge >= 0.3 is 5.97 Å². The molecule has 0 aliphatic carbocycles. The van der Waals surface area contributed by atoms with Gasteiger partial charge in [-0.2, -0.15) is 0 Å². The summed E-state index contributed by atoms with van der Waals surface area (Å²) < 4.78 is 7.53. The molecule has 1 fully saturated rings. The van der Waals surface area contributed by atoms with E-state index < -0.39 is 5.97 Å². The zero-order valence-electron chi connectivity index (χ0n) is 12.0. The smallest absolute Gasteiger partial charge is 0.307 e. The second kappa shape index (κ2) is 6.28. The van der Waals surface area contributed by atoms with Gasteiger partial charge in [0.1, 0.15) is 0 Å². The van der Waals surface area contributed by atoms with Crippen LogP contribution in [0.2, 0.25) is 0 Å². The Hall–Kier alpha value is -1.85. The van der Waals surface area contributed by atoms with E-state index >= 15 is 0 Å². The summed E-state index contributed by atoms with van der Waals surface area (Å²) in [5.74, 6) is -0.786. The predicted octanol–water partition coefficient (Wildman–Crippen LogP) is 1.60. The third-order valence-electron chi connectivity index (χ3n) is 3.97. The number of carbonyl (C=O) groups is 1. The van der Waals surface area contributed by atoms with Crippen LogP contribution < -0.4 is 0 Å². The highest BCUT2D eigenvalue weighted by atomic mass is 16.5. The fraction of sp³-hybridized carbons (Fsp3) is 0.438. The van der Waals surface area contributed by atoms with E-state index in [-0.39, 0.29) is 6.42 Å². The second-order valence-electron chi connectivity index (χ2n) is 5.39. The SMILES string of the molecule is O=C(O)Cc1cn(CCN2CCOCC2)c2ccccc12. The molecule has 1 aliphatic rings. The van der Waals surface area contributed by atoms with Crippen LogP contribution in [-0.2, 0) is 22.5 Å². The summed E-state index contributed by atoms with van der Waals surface area (Å²) in [6.07, 6.45) is 2.06. The van der Waals surface area contributed by atoms with Crippen molar-refractivity contribution < 1.29 is 14.6 Å². The predicted molar refractivity (Wildman–Crippen MR) is 80.5 cm³/mol. The number of morpholine rings is 1. The van der Waals surface area contributed by atoms with Crippen molar-refractivity contribution in [3.63, 3.8) is 0 Å². The van der Waals surface area contributed by atoms with Crippen molar-refractivity contribution in [2.45, 2.75) is 13.0 Å². The number of rotatable bonds is 5. The molecule has 1 aromatic heterocycles. The highest BCUT2D eigenvalue weighted by Crippen LogP contribution is 2.22. The van der Waals surface area contributed by atoms with Gasteiger partial charge < -0.3 is 14.4 Å². The summed E-state index contributed by atoms with van der Waals surface area (Å²) in [6, 6.07) is 8.01. The van der Waals surface area contributed by atoms with E-state index in [2.05, 4.69) is 15.5 Å². The van der Waals surface area contributed by atoms with Gasteiger partial charge in [0.2, 0.25) is 0 Å². The van der Waals surface area contributed by atoms with Crippen LogP contribution in [0.5, 0.6) is 0 Å². The molecule has 2 heterocycles. The number of hydrogen-bond acceptors (Lipinski definition) is 3. The lowest BCUT2D eigenvalue weighted by atomic mass is 10.1. The molecule has 2 aromatic rings. The molecule has 0 bridgehead atoms. The molecular formula is C16H20N2O3. The van der Waals surface area contributed by atoms with Gasteiger partial charge in [-0.3, -0.25) is 9.69 Å². The van der Waals surface area contributed by atoms with Crippen molar-refractivity contribution in [1.82, 2.24) is 9.47 Å². The Kier molecular flexibility index (Phi) is 4.22. The lowest BCUT2D eigenvalue weighted by molar-refractivity contribution is -0.136. The standard InChI is InChI=1S/C16H20N2O3/c19-16(20)11-13-12-18(15-4-2-1-3-14(13)15)6-5-17-7-9-21-10-8-17/h1-4,12H,5-11H2,(H,19,20). The van der Waals surface area contributed by atoms with Crippen LogP contribution in [0.4, 0.5) is 0 Å². The van der Waals surface area contributed by atoms with Crippen molar-refractivity contribution in [1.29, 1.82) is 0 Å². The Morgan fingerprint density at radius 1 is 1.19 bits per heavy atom. The third-order valence-corrected chi connectivity index (χ3v) is 3.97. The fourth-order valence-electron chi connectivity index (χ4n) is 2.89. The van der Waals surface area contributed by atoms with Gasteiger partial charge in [-0.05, 0) is 11.6 Å². The summed E-state index contributed by atoms with van der Waals surface area (Å²) in [4.78, 5) is 13.4. The van der Waals surface area contributed by atoms with Crippen LogP contribution in [0.15, 0.2) is 30.5 Å². The van der Waals surface area contributed by atoms with Crippen molar-refractivity contribution in [3.05, 3.63) is 36.0 Å².